The Morgan fingerprint density at radius 2 is 2.33 bits per heavy atom. The smallest absolute Gasteiger partial charge is 0.123 e. The first-order chi connectivity index (χ1) is 7.34. The molecule has 1 unspecified atom stereocenters. The first-order valence-electron chi connectivity index (χ1n) is 5.38. The van der Waals surface area contributed by atoms with Crippen LogP contribution in [0.25, 0.3) is 0 Å². The minimum absolute atomic E-state index is 0.209. The van der Waals surface area contributed by atoms with Crippen molar-refractivity contribution in [3.63, 3.8) is 0 Å². The highest BCUT2D eigenvalue weighted by molar-refractivity contribution is 5.31. The van der Waals surface area contributed by atoms with Crippen LogP contribution in [-0.2, 0) is 4.74 Å². The summed E-state index contributed by atoms with van der Waals surface area (Å²) >= 11 is 0. The fourth-order valence-corrected chi connectivity index (χ4v) is 1.70. The van der Waals surface area contributed by atoms with Gasteiger partial charge in [0.1, 0.15) is 18.1 Å². The summed E-state index contributed by atoms with van der Waals surface area (Å²) in [6, 6.07) is 6.85. The van der Waals surface area contributed by atoms with Gasteiger partial charge in [-0.1, -0.05) is 6.07 Å². The Labute approximate surface area is 89.6 Å². The van der Waals surface area contributed by atoms with Crippen LogP contribution < -0.4 is 4.74 Å². The molecule has 0 bridgehead atoms. The highest BCUT2D eigenvalue weighted by Gasteiger charge is 2.14. The number of hydrogen-bond acceptors (Lipinski definition) is 3. The van der Waals surface area contributed by atoms with Crippen LogP contribution in [0.4, 0.5) is 0 Å². The first-order valence-corrected chi connectivity index (χ1v) is 5.38. The lowest BCUT2D eigenvalue weighted by atomic mass is 10.1. The molecule has 1 N–H and O–H groups in total. The van der Waals surface area contributed by atoms with Crippen LogP contribution in [-0.4, -0.2) is 24.4 Å². The van der Waals surface area contributed by atoms with Gasteiger partial charge >= 0.3 is 0 Å². The Balaban J connectivity index is 1.81. The molecular weight excluding hydrogens is 192 g/mol. The summed E-state index contributed by atoms with van der Waals surface area (Å²) in [6.07, 6.45) is 3.65. The molecule has 0 spiro atoms. The highest BCUT2D eigenvalue weighted by Crippen LogP contribution is 2.19. The minimum Gasteiger partial charge on any atom is -0.508 e. The number of phenols is 1. The number of aromatic hydroxyl groups is 1. The maximum absolute atomic E-state index is 9.24. The van der Waals surface area contributed by atoms with Crippen molar-refractivity contribution in [2.45, 2.75) is 25.4 Å². The van der Waals surface area contributed by atoms with Crippen LogP contribution in [0.15, 0.2) is 24.3 Å². The third-order valence-corrected chi connectivity index (χ3v) is 2.53. The van der Waals surface area contributed by atoms with E-state index < -0.39 is 0 Å². The molecule has 0 radical (unpaired) electrons. The molecule has 0 aliphatic carbocycles. The average molecular weight is 208 g/mol. The standard InChI is InChI=1S/C12H16O3/c13-10-4-3-6-11(8-10)15-9-12-5-1-2-7-14-12/h3-4,6,8,12-13H,1-2,5,7,9H2. The van der Waals surface area contributed by atoms with E-state index in [0.29, 0.717) is 12.4 Å². The first kappa shape index (κ1) is 10.3. The lowest BCUT2D eigenvalue weighted by Gasteiger charge is -2.22. The maximum Gasteiger partial charge on any atom is 0.123 e. The third kappa shape index (κ3) is 3.13. The molecule has 1 heterocycles. The van der Waals surface area contributed by atoms with Gasteiger partial charge in [-0.05, 0) is 31.4 Å². The minimum atomic E-state index is 0.209. The molecule has 2 rings (SSSR count). The van der Waals surface area contributed by atoms with Gasteiger partial charge in [0, 0.05) is 12.7 Å². The van der Waals surface area contributed by atoms with Gasteiger partial charge in [0.2, 0.25) is 0 Å². The van der Waals surface area contributed by atoms with Gasteiger partial charge in [-0.2, -0.15) is 0 Å². The van der Waals surface area contributed by atoms with Gasteiger partial charge in [-0.3, -0.25) is 0 Å². The summed E-state index contributed by atoms with van der Waals surface area (Å²) in [4.78, 5) is 0. The molecule has 3 heteroatoms. The molecule has 1 fully saturated rings. The Bertz CT molecular complexity index is 305. The Morgan fingerprint density at radius 3 is 3.07 bits per heavy atom. The van der Waals surface area contributed by atoms with Crippen LogP contribution in [0.5, 0.6) is 11.5 Å². The summed E-state index contributed by atoms with van der Waals surface area (Å²) in [5.74, 6) is 0.932. The Hall–Kier alpha value is -1.22. The van der Waals surface area contributed by atoms with Gasteiger partial charge in [-0.15, -0.1) is 0 Å². The zero-order valence-electron chi connectivity index (χ0n) is 8.69. The summed E-state index contributed by atoms with van der Waals surface area (Å²) in [5.41, 5.74) is 0. The fourth-order valence-electron chi connectivity index (χ4n) is 1.70. The molecule has 0 saturated carbocycles. The maximum atomic E-state index is 9.24. The Kier molecular flexibility index (Phi) is 3.45. The van der Waals surface area contributed by atoms with Crippen LogP contribution in [0.1, 0.15) is 19.3 Å². The number of hydrogen-bond donors (Lipinski definition) is 1. The van der Waals surface area contributed by atoms with E-state index in [9.17, 15) is 5.11 Å². The lowest BCUT2D eigenvalue weighted by molar-refractivity contribution is -0.0111. The van der Waals surface area contributed by atoms with Crippen molar-refractivity contribution in [1.82, 2.24) is 0 Å². The molecule has 1 atom stereocenters. The van der Waals surface area contributed by atoms with E-state index >= 15 is 0 Å². The molecule has 82 valence electrons. The monoisotopic (exact) mass is 208 g/mol. The van der Waals surface area contributed by atoms with Gasteiger partial charge in [0.15, 0.2) is 0 Å². The molecule has 3 nitrogen and oxygen atoms in total. The van der Waals surface area contributed by atoms with Crippen molar-refractivity contribution >= 4 is 0 Å². The SMILES string of the molecule is Oc1cccc(OCC2CCCCO2)c1. The van der Waals surface area contributed by atoms with Crippen molar-refractivity contribution in [3.8, 4) is 11.5 Å². The molecule has 1 aromatic rings. The normalized spacial score (nSPS) is 21.2. The average Bonchev–Trinajstić information content (AvgIpc) is 2.28. The summed E-state index contributed by atoms with van der Waals surface area (Å²) in [6.45, 7) is 1.41. The van der Waals surface area contributed by atoms with E-state index in [4.69, 9.17) is 9.47 Å². The van der Waals surface area contributed by atoms with Crippen molar-refractivity contribution in [2.75, 3.05) is 13.2 Å². The molecule has 1 aliphatic rings. The van der Waals surface area contributed by atoms with E-state index in [2.05, 4.69) is 0 Å². The molecule has 1 aliphatic heterocycles. The van der Waals surface area contributed by atoms with Crippen molar-refractivity contribution in [3.05, 3.63) is 24.3 Å². The number of benzene rings is 1. The zero-order valence-corrected chi connectivity index (χ0v) is 8.69. The van der Waals surface area contributed by atoms with Crippen LogP contribution in [0, 0.1) is 0 Å². The van der Waals surface area contributed by atoms with Gasteiger partial charge in [-0.25, -0.2) is 0 Å². The summed E-state index contributed by atoms with van der Waals surface area (Å²) in [7, 11) is 0. The quantitative estimate of drug-likeness (QED) is 0.828. The second kappa shape index (κ2) is 5.03. The van der Waals surface area contributed by atoms with Crippen molar-refractivity contribution in [2.24, 2.45) is 0 Å². The zero-order chi connectivity index (χ0) is 10.5. The number of ether oxygens (including phenoxy) is 2. The third-order valence-electron chi connectivity index (χ3n) is 2.53. The second-order valence-electron chi connectivity index (χ2n) is 3.80. The van der Waals surface area contributed by atoms with Crippen LogP contribution in [0.3, 0.4) is 0 Å². The van der Waals surface area contributed by atoms with E-state index in [-0.39, 0.29) is 11.9 Å². The molecular formula is C12H16O3. The largest absolute Gasteiger partial charge is 0.508 e. The van der Waals surface area contributed by atoms with Gasteiger partial charge < -0.3 is 14.6 Å². The van der Waals surface area contributed by atoms with E-state index in [0.717, 1.165) is 19.4 Å². The Morgan fingerprint density at radius 1 is 1.40 bits per heavy atom. The molecule has 0 aromatic heterocycles. The van der Waals surface area contributed by atoms with E-state index in [1.807, 2.05) is 6.07 Å². The van der Waals surface area contributed by atoms with Gasteiger partial charge in [0.05, 0.1) is 6.10 Å². The van der Waals surface area contributed by atoms with E-state index in [1.54, 1.807) is 18.2 Å². The summed E-state index contributed by atoms with van der Waals surface area (Å²) in [5, 5.41) is 9.24. The predicted octanol–water partition coefficient (Wildman–Crippen LogP) is 2.34. The molecule has 1 saturated heterocycles. The predicted molar refractivity (Wildman–Crippen MR) is 57.2 cm³/mol. The second-order valence-corrected chi connectivity index (χ2v) is 3.80. The summed E-state index contributed by atoms with van der Waals surface area (Å²) < 4.78 is 11.1. The van der Waals surface area contributed by atoms with Crippen LogP contribution in [0.2, 0.25) is 0 Å². The highest BCUT2D eigenvalue weighted by atomic mass is 16.5. The van der Waals surface area contributed by atoms with E-state index in [1.165, 1.54) is 6.42 Å². The lowest BCUT2D eigenvalue weighted by Crippen LogP contribution is -2.25. The molecule has 1 aromatic carbocycles. The van der Waals surface area contributed by atoms with Crippen LogP contribution >= 0.6 is 0 Å². The fraction of sp³-hybridized carbons (Fsp3) is 0.500. The molecule has 15 heavy (non-hydrogen) atoms. The van der Waals surface area contributed by atoms with Crippen molar-refractivity contribution < 1.29 is 14.6 Å². The van der Waals surface area contributed by atoms with Crippen molar-refractivity contribution in [1.29, 1.82) is 0 Å². The number of phenolic OH excluding ortho intramolecular Hbond substituents is 1. The molecule has 0 amide bonds. The van der Waals surface area contributed by atoms with Gasteiger partial charge in [0.25, 0.3) is 0 Å². The topological polar surface area (TPSA) is 38.7 Å². The number of rotatable bonds is 3.